The number of rotatable bonds is 5. The Kier molecular flexibility index (Phi) is 5.78. The lowest BCUT2D eigenvalue weighted by atomic mass is 10.0. The molecule has 7 heteroatoms. The van der Waals surface area contributed by atoms with Gasteiger partial charge in [0.1, 0.15) is 10.7 Å². The summed E-state index contributed by atoms with van der Waals surface area (Å²) in [4.78, 5) is 12.3. The average molecular weight is 439 g/mol. The molecule has 0 aliphatic carbocycles. The van der Waals surface area contributed by atoms with E-state index in [1.165, 1.54) is 10.4 Å². The van der Waals surface area contributed by atoms with Crippen LogP contribution in [-0.4, -0.2) is 20.9 Å². The van der Waals surface area contributed by atoms with Crippen molar-refractivity contribution in [2.45, 2.75) is 31.1 Å². The predicted molar refractivity (Wildman–Crippen MR) is 119 cm³/mol. The highest BCUT2D eigenvalue weighted by Crippen LogP contribution is 2.33. The van der Waals surface area contributed by atoms with Crippen LogP contribution in [0.3, 0.4) is 0 Å². The first-order valence-electron chi connectivity index (χ1n) is 10.2. The van der Waals surface area contributed by atoms with E-state index in [-0.39, 0.29) is 12.1 Å². The highest BCUT2D eigenvalue weighted by Gasteiger charge is 2.31. The number of carbonyl (C=O) groups is 1. The van der Waals surface area contributed by atoms with E-state index in [4.69, 9.17) is 0 Å². The quantitative estimate of drug-likeness (QED) is 0.623. The molecule has 0 aromatic heterocycles. The number of hydrogen-bond donors (Lipinski definition) is 1. The molecule has 1 heterocycles. The van der Waals surface area contributed by atoms with Gasteiger partial charge in [-0.3, -0.25) is 9.10 Å². The van der Waals surface area contributed by atoms with Crippen molar-refractivity contribution in [3.8, 4) is 0 Å². The minimum absolute atomic E-state index is 0.0798. The highest BCUT2D eigenvalue weighted by atomic mass is 32.2. The highest BCUT2D eigenvalue weighted by molar-refractivity contribution is 7.92. The number of sulfonamides is 1. The van der Waals surface area contributed by atoms with E-state index in [2.05, 4.69) is 5.32 Å². The van der Waals surface area contributed by atoms with Gasteiger partial charge in [0.15, 0.2) is 0 Å². The fourth-order valence-corrected chi connectivity index (χ4v) is 5.49. The molecule has 5 nitrogen and oxygen atoms in total. The fraction of sp³-hybridized carbons (Fsp3) is 0.208. The van der Waals surface area contributed by atoms with E-state index in [1.807, 2.05) is 37.3 Å². The number of benzene rings is 3. The maximum Gasteiger partial charge on any atom is 0.267 e. The lowest BCUT2D eigenvalue weighted by Gasteiger charge is -2.30. The number of halogens is 1. The maximum atomic E-state index is 14.7. The van der Waals surface area contributed by atoms with Crippen molar-refractivity contribution >= 4 is 27.3 Å². The molecule has 3 aromatic rings. The molecule has 31 heavy (non-hydrogen) atoms. The van der Waals surface area contributed by atoms with Gasteiger partial charge in [0.05, 0.1) is 5.69 Å². The second-order valence-electron chi connectivity index (χ2n) is 7.42. The number of fused-ring (bicyclic) bond motifs is 1. The molecule has 0 unspecified atom stereocenters. The smallest absolute Gasteiger partial charge is 0.267 e. The van der Waals surface area contributed by atoms with Crippen molar-refractivity contribution in [1.82, 2.24) is 0 Å². The number of aryl methyl sites for hydroxylation is 2. The molecular weight excluding hydrogens is 415 g/mol. The molecule has 1 N–H and O–H groups in total. The largest absolute Gasteiger partial charge is 0.322 e. The topological polar surface area (TPSA) is 66.5 Å². The van der Waals surface area contributed by atoms with E-state index < -0.39 is 26.6 Å². The SMILES string of the molecule is CCc1ccccc1NC(=O)c1ccc(F)c(S(=O)(=O)N2CCCc3ccccc32)c1. The first-order chi connectivity index (χ1) is 14.9. The van der Waals surface area contributed by atoms with Crippen molar-refractivity contribution in [3.63, 3.8) is 0 Å². The summed E-state index contributed by atoms with van der Waals surface area (Å²) >= 11 is 0. The van der Waals surface area contributed by atoms with E-state index in [0.29, 0.717) is 17.8 Å². The van der Waals surface area contributed by atoms with Crippen LogP contribution in [0, 0.1) is 5.82 Å². The lowest BCUT2D eigenvalue weighted by molar-refractivity contribution is 0.102. The molecule has 160 valence electrons. The van der Waals surface area contributed by atoms with Crippen LogP contribution >= 0.6 is 0 Å². The van der Waals surface area contributed by atoms with Crippen LogP contribution in [-0.2, 0) is 22.9 Å². The number of hydrogen-bond acceptors (Lipinski definition) is 3. The van der Waals surface area contributed by atoms with Gasteiger partial charge in [0.2, 0.25) is 0 Å². The van der Waals surface area contributed by atoms with Gasteiger partial charge < -0.3 is 5.32 Å². The molecule has 0 bridgehead atoms. The third kappa shape index (κ3) is 4.05. The maximum absolute atomic E-state index is 14.7. The Hall–Kier alpha value is -3.19. The van der Waals surface area contributed by atoms with E-state index in [1.54, 1.807) is 18.2 Å². The molecule has 1 amide bonds. The van der Waals surface area contributed by atoms with E-state index >= 15 is 0 Å². The number of amides is 1. The van der Waals surface area contributed by atoms with Crippen LogP contribution in [0.1, 0.15) is 34.8 Å². The van der Waals surface area contributed by atoms with Crippen LogP contribution in [0.2, 0.25) is 0 Å². The first kappa shape index (κ1) is 21.1. The number of carbonyl (C=O) groups excluding carboxylic acids is 1. The van der Waals surface area contributed by atoms with Gasteiger partial charge in [-0.15, -0.1) is 0 Å². The van der Waals surface area contributed by atoms with E-state index in [9.17, 15) is 17.6 Å². The molecule has 3 aromatic carbocycles. The number of nitrogens with zero attached hydrogens (tertiary/aromatic N) is 1. The Morgan fingerprint density at radius 2 is 1.81 bits per heavy atom. The summed E-state index contributed by atoms with van der Waals surface area (Å²) in [6.45, 7) is 2.24. The zero-order chi connectivity index (χ0) is 22.0. The second-order valence-corrected chi connectivity index (χ2v) is 9.25. The molecule has 0 radical (unpaired) electrons. The summed E-state index contributed by atoms with van der Waals surface area (Å²) in [7, 11) is -4.17. The van der Waals surface area contributed by atoms with Gasteiger partial charge in [-0.25, -0.2) is 12.8 Å². The van der Waals surface area contributed by atoms with Gasteiger partial charge in [-0.05, 0) is 60.7 Å². The van der Waals surface area contributed by atoms with Crippen molar-refractivity contribution in [2.24, 2.45) is 0 Å². The fourth-order valence-electron chi connectivity index (χ4n) is 3.85. The third-order valence-corrected chi connectivity index (χ3v) is 7.30. The second kappa shape index (κ2) is 8.51. The van der Waals surface area contributed by atoms with Gasteiger partial charge in [-0.1, -0.05) is 43.3 Å². The Morgan fingerprint density at radius 1 is 1.06 bits per heavy atom. The summed E-state index contributed by atoms with van der Waals surface area (Å²) < 4.78 is 42.6. The lowest BCUT2D eigenvalue weighted by Crippen LogP contribution is -2.36. The summed E-state index contributed by atoms with van der Waals surface area (Å²) in [5.74, 6) is -1.37. The molecule has 0 saturated carbocycles. The summed E-state index contributed by atoms with van der Waals surface area (Å²) in [6.07, 6.45) is 2.14. The molecule has 0 fully saturated rings. The zero-order valence-electron chi connectivity index (χ0n) is 17.1. The normalized spacial score (nSPS) is 13.5. The third-order valence-electron chi connectivity index (χ3n) is 5.48. The summed E-state index contributed by atoms with van der Waals surface area (Å²) in [6, 6.07) is 18.0. The van der Waals surface area contributed by atoms with Gasteiger partial charge in [0.25, 0.3) is 15.9 Å². The average Bonchev–Trinajstić information content (AvgIpc) is 2.79. The first-order valence-corrected chi connectivity index (χ1v) is 11.6. The van der Waals surface area contributed by atoms with Crippen LogP contribution < -0.4 is 9.62 Å². The molecule has 0 saturated heterocycles. The van der Waals surface area contributed by atoms with Gasteiger partial charge >= 0.3 is 0 Å². The van der Waals surface area contributed by atoms with Crippen molar-refractivity contribution in [3.05, 3.63) is 89.2 Å². The summed E-state index contributed by atoms with van der Waals surface area (Å²) in [5, 5.41) is 2.80. The molecule has 0 spiro atoms. The van der Waals surface area contributed by atoms with Crippen LogP contribution in [0.4, 0.5) is 15.8 Å². The van der Waals surface area contributed by atoms with Gasteiger partial charge in [0, 0.05) is 17.8 Å². The van der Waals surface area contributed by atoms with Crippen LogP contribution in [0.25, 0.3) is 0 Å². The van der Waals surface area contributed by atoms with Crippen molar-refractivity contribution in [1.29, 1.82) is 0 Å². The molecule has 4 rings (SSSR count). The van der Waals surface area contributed by atoms with Crippen LogP contribution in [0.5, 0.6) is 0 Å². The molecule has 0 atom stereocenters. The van der Waals surface area contributed by atoms with Crippen molar-refractivity contribution in [2.75, 3.05) is 16.2 Å². The van der Waals surface area contributed by atoms with Crippen LogP contribution in [0.15, 0.2) is 71.6 Å². The number of nitrogens with one attached hydrogen (secondary N) is 1. The Morgan fingerprint density at radius 3 is 2.61 bits per heavy atom. The molecular formula is C24H23FN2O3S. The molecule has 1 aliphatic rings. The Bertz CT molecular complexity index is 1240. The van der Waals surface area contributed by atoms with Crippen molar-refractivity contribution < 1.29 is 17.6 Å². The molecule has 1 aliphatic heterocycles. The van der Waals surface area contributed by atoms with Gasteiger partial charge in [-0.2, -0.15) is 0 Å². The van der Waals surface area contributed by atoms with E-state index in [0.717, 1.165) is 36.1 Å². The monoisotopic (exact) mass is 438 g/mol. The summed E-state index contributed by atoms with van der Waals surface area (Å²) in [5.41, 5.74) is 3.14. The Balaban J connectivity index is 1.69. The minimum atomic E-state index is -4.17. The Labute approximate surface area is 181 Å². The number of anilines is 2. The minimum Gasteiger partial charge on any atom is -0.322 e. The standard InChI is InChI=1S/C24H23FN2O3S/c1-2-17-8-3-5-11-21(17)26-24(28)19-13-14-20(25)23(16-19)31(29,30)27-15-7-10-18-9-4-6-12-22(18)27/h3-6,8-9,11-14,16H,2,7,10,15H2,1H3,(H,26,28). The number of para-hydroxylation sites is 2. The predicted octanol–water partition coefficient (Wildman–Crippen LogP) is 4.78. The zero-order valence-corrected chi connectivity index (χ0v) is 18.0.